The molecule has 0 aromatic carbocycles. The number of hydrazine groups is 1. The molecule has 1 saturated carbocycles. The van der Waals surface area contributed by atoms with Crippen LogP contribution in [0.25, 0.3) is 0 Å². The number of nitrogens with one attached hydrogen (secondary N) is 2. The Balaban J connectivity index is 1.90. The number of carbonyl (C=O) groups excluding carboxylic acids is 1. The van der Waals surface area contributed by atoms with Crippen LogP contribution in [0.1, 0.15) is 35.8 Å². The molecule has 0 aliphatic heterocycles. The molecule has 1 heterocycles. The third kappa shape index (κ3) is 3.91. The maximum absolute atomic E-state index is 12.1. The molecule has 6 nitrogen and oxygen atoms in total. The van der Waals surface area contributed by atoms with Crippen LogP contribution in [0.5, 0.6) is 0 Å². The molecular weight excluding hydrogens is 254 g/mol. The van der Waals surface area contributed by atoms with Crippen LogP contribution in [-0.2, 0) is 6.42 Å². The molecule has 20 heavy (non-hydrogen) atoms. The lowest BCUT2D eigenvalue weighted by atomic mass is 10.2. The Morgan fingerprint density at radius 2 is 2.25 bits per heavy atom. The number of carbonyl (C=O) groups is 1. The summed E-state index contributed by atoms with van der Waals surface area (Å²) >= 11 is 0. The lowest BCUT2D eigenvalue weighted by Gasteiger charge is -2.16. The first-order valence-corrected chi connectivity index (χ1v) is 7.10. The quantitative estimate of drug-likeness (QED) is 0.506. The van der Waals surface area contributed by atoms with Crippen molar-refractivity contribution in [3.05, 3.63) is 23.4 Å². The average Bonchev–Trinajstić information content (AvgIpc) is 3.31. The van der Waals surface area contributed by atoms with E-state index in [1.54, 1.807) is 12.1 Å². The first-order valence-electron chi connectivity index (χ1n) is 7.10. The van der Waals surface area contributed by atoms with Gasteiger partial charge in [-0.3, -0.25) is 4.79 Å². The van der Waals surface area contributed by atoms with Crippen LogP contribution >= 0.6 is 0 Å². The third-order valence-electron chi connectivity index (χ3n) is 3.57. The molecule has 0 unspecified atom stereocenters. The molecule has 1 aromatic heterocycles. The molecule has 0 radical (unpaired) electrons. The molecule has 1 fully saturated rings. The van der Waals surface area contributed by atoms with Crippen LogP contribution in [0.3, 0.4) is 0 Å². The molecule has 6 heteroatoms. The standard InChI is InChI=1S/C14H23N5O/c1-3-11-8-10(9-13(17-11)18-15)14(20)16-6-7-19(2)12-4-5-12/h8-9,12H,3-7,15H2,1-2H3,(H,16,20)(H,17,18). The van der Waals surface area contributed by atoms with E-state index in [0.717, 1.165) is 18.7 Å². The SMILES string of the molecule is CCc1cc(C(=O)NCCN(C)C2CC2)cc(NN)n1. The number of aryl methyl sites for hydroxylation is 1. The van der Waals surface area contributed by atoms with Crippen molar-refractivity contribution >= 4 is 11.7 Å². The molecule has 2 rings (SSSR count). The number of nitrogens with zero attached hydrogens (tertiary/aromatic N) is 2. The maximum atomic E-state index is 12.1. The number of nitrogen functional groups attached to an aromatic ring is 1. The number of pyridine rings is 1. The Morgan fingerprint density at radius 1 is 1.50 bits per heavy atom. The zero-order chi connectivity index (χ0) is 14.5. The third-order valence-corrected chi connectivity index (χ3v) is 3.57. The van der Waals surface area contributed by atoms with Crippen LogP contribution in [-0.4, -0.2) is 42.0 Å². The molecule has 110 valence electrons. The number of anilines is 1. The largest absolute Gasteiger partial charge is 0.351 e. The molecular formula is C14H23N5O. The molecule has 1 aromatic rings. The van der Waals surface area contributed by atoms with E-state index < -0.39 is 0 Å². The predicted octanol–water partition coefficient (Wildman–Crippen LogP) is 0.754. The Bertz CT molecular complexity index is 450. The highest BCUT2D eigenvalue weighted by Gasteiger charge is 2.25. The van der Waals surface area contributed by atoms with Crippen LogP contribution in [0, 0.1) is 0 Å². The van der Waals surface area contributed by atoms with Gasteiger partial charge >= 0.3 is 0 Å². The topological polar surface area (TPSA) is 83.3 Å². The minimum atomic E-state index is -0.0807. The van der Waals surface area contributed by atoms with E-state index in [4.69, 9.17) is 5.84 Å². The number of rotatable bonds is 7. The van der Waals surface area contributed by atoms with Crippen LogP contribution in [0.2, 0.25) is 0 Å². The van der Waals surface area contributed by atoms with Crippen molar-refractivity contribution in [1.82, 2.24) is 15.2 Å². The molecule has 1 aliphatic carbocycles. The van der Waals surface area contributed by atoms with Crippen molar-refractivity contribution in [2.75, 3.05) is 25.6 Å². The van der Waals surface area contributed by atoms with Crippen molar-refractivity contribution in [2.45, 2.75) is 32.2 Å². The van der Waals surface area contributed by atoms with Crippen molar-refractivity contribution < 1.29 is 4.79 Å². The minimum absolute atomic E-state index is 0.0807. The summed E-state index contributed by atoms with van der Waals surface area (Å²) in [7, 11) is 2.10. The van der Waals surface area contributed by atoms with E-state index >= 15 is 0 Å². The molecule has 4 N–H and O–H groups in total. The van der Waals surface area contributed by atoms with Crippen LogP contribution in [0.15, 0.2) is 12.1 Å². The second-order valence-corrected chi connectivity index (χ2v) is 5.20. The number of amides is 1. The second-order valence-electron chi connectivity index (χ2n) is 5.20. The summed E-state index contributed by atoms with van der Waals surface area (Å²) in [6.07, 6.45) is 3.32. The summed E-state index contributed by atoms with van der Waals surface area (Å²) in [6.45, 7) is 3.53. The van der Waals surface area contributed by atoms with E-state index in [-0.39, 0.29) is 5.91 Å². The van der Waals surface area contributed by atoms with E-state index in [2.05, 4.69) is 27.7 Å². The van der Waals surface area contributed by atoms with E-state index in [9.17, 15) is 4.79 Å². The molecule has 1 amide bonds. The lowest BCUT2D eigenvalue weighted by molar-refractivity contribution is 0.0949. The Hall–Kier alpha value is -1.66. The fourth-order valence-electron chi connectivity index (χ4n) is 2.12. The summed E-state index contributed by atoms with van der Waals surface area (Å²) in [6, 6.07) is 4.19. The highest BCUT2D eigenvalue weighted by atomic mass is 16.1. The average molecular weight is 277 g/mol. The summed E-state index contributed by atoms with van der Waals surface area (Å²) in [5.74, 6) is 5.81. The molecule has 1 aliphatic rings. The molecule has 0 saturated heterocycles. The van der Waals surface area contributed by atoms with Gasteiger partial charge < -0.3 is 15.6 Å². The summed E-state index contributed by atoms with van der Waals surface area (Å²) in [5, 5.41) is 2.94. The molecule has 0 atom stereocenters. The Kier molecular flexibility index (Phi) is 4.92. The number of hydrogen-bond donors (Lipinski definition) is 3. The highest BCUT2D eigenvalue weighted by Crippen LogP contribution is 2.24. The zero-order valence-electron chi connectivity index (χ0n) is 12.1. The van der Waals surface area contributed by atoms with Crippen LogP contribution in [0.4, 0.5) is 5.82 Å². The van der Waals surface area contributed by atoms with Gasteiger partial charge in [0.05, 0.1) is 0 Å². The second kappa shape index (κ2) is 6.67. The van der Waals surface area contributed by atoms with E-state index in [0.29, 0.717) is 24.0 Å². The van der Waals surface area contributed by atoms with Gasteiger partial charge in [-0.15, -0.1) is 0 Å². The maximum Gasteiger partial charge on any atom is 0.251 e. The predicted molar refractivity (Wildman–Crippen MR) is 79.4 cm³/mol. The van der Waals surface area contributed by atoms with Gasteiger partial charge in [0.2, 0.25) is 0 Å². The van der Waals surface area contributed by atoms with Gasteiger partial charge in [0.25, 0.3) is 5.91 Å². The highest BCUT2D eigenvalue weighted by molar-refractivity contribution is 5.95. The van der Waals surface area contributed by atoms with Gasteiger partial charge in [0, 0.05) is 30.4 Å². The monoisotopic (exact) mass is 277 g/mol. The number of nitrogens with two attached hydrogens (primary N) is 1. The summed E-state index contributed by atoms with van der Waals surface area (Å²) in [4.78, 5) is 18.7. The summed E-state index contributed by atoms with van der Waals surface area (Å²) < 4.78 is 0. The van der Waals surface area contributed by atoms with Gasteiger partial charge in [0.1, 0.15) is 5.82 Å². The van der Waals surface area contributed by atoms with Crippen molar-refractivity contribution in [3.8, 4) is 0 Å². The minimum Gasteiger partial charge on any atom is -0.351 e. The number of likely N-dealkylation sites (N-methyl/N-ethyl adjacent to an activating group) is 1. The van der Waals surface area contributed by atoms with Crippen molar-refractivity contribution in [3.63, 3.8) is 0 Å². The van der Waals surface area contributed by atoms with Crippen molar-refractivity contribution in [2.24, 2.45) is 5.84 Å². The van der Waals surface area contributed by atoms with Crippen LogP contribution < -0.4 is 16.6 Å². The first kappa shape index (κ1) is 14.7. The lowest BCUT2D eigenvalue weighted by Crippen LogP contribution is -2.34. The normalized spacial score (nSPS) is 14.4. The van der Waals surface area contributed by atoms with Gasteiger partial charge in [-0.25, -0.2) is 10.8 Å². The smallest absolute Gasteiger partial charge is 0.251 e. The van der Waals surface area contributed by atoms with Gasteiger partial charge in [0.15, 0.2) is 0 Å². The van der Waals surface area contributed by atoms with Gasteiger partial charge in [-0.1, -0.05) is 6.92 Å². The summed E-state index contributed by atoms with van der Waals surface area (Å²) in [5.41, 5.74) is 3.94. The fourth-order valence-corrected chi connectivity index (χ4v) is 2.12. The zero-order valence-corrected chi connectivity index (χ0v) is 12.1. The molecule has 0 bridgehead atoms. The molecule has 0 spiro atoms. The number of hydrogen-bond acceptors (Lipinski definition) is 5. The van der Waals surface area contributed by atoms with E-state index in [1.807, 2.05) is 6.92 Å². The number of aromatic nitrogens is 1. The van der Waals surface area contributed by atoms with E-state index in [1.165, 1.54) is 12.8 Å². The Morgan fingerprint density at radius 3 is 2.85 bits per heavy atom. The van der Waals surface area contributed by atoms with Gasteiger partial charge in [-0.05, 0) is 38.4 Å². The van der Waals surface area contributed by atoms with Crippen molar-refractivity contribution in [1.29, 1.82) is 0 Å². The Labute approximate surface area is 119 Å². The fraction of sp³-hybridized carbons (Fsp3) is 0.571. The first-order chi connectivity index (χ1) is 9.63. The van der Waals surface area contributed by atoms with Gasteiger partial charge in [-0.2, -0.15) is 0 Å².